The summed E-state index contributed by atoms with van der Waals surface area (Å²) in [4.78, 5) is 10.4. The largest absolute Gasteiger partial charge is 0.394 e. The lowest BCUT2D eigenvalue weighted by Crippen LogP contribution is -2.31. The van der Waals surface area contributed by atoms with E-state index in [4.69, 9.17) is 10.8 Å². The molecule has 0 spiro atoms. The molecule has 0 aromatic heterocycles. The second kappa shape index (κ2) is 3.88. The van der Waals surface area contributed by atoms with Crippen LogP contribution in [-0.2, 0) is 4.79 Å². The van der Waals surface area contributed by atoms with Gasteiger partial charge in [-0.3, -0.25) is 4.79 Å². The molecule has 0 radical (unpaired) electrons. The van der Waals surface area contributed by atoms with Gasteiger partial charge in [-0.2, -0.15) is 0 Å². The molecular formula is C4H9NO2S. The number of aliphatic hydroxyl groups is 1. The molecule has 0 rings (SSSR count). The highest BCUT2D eigenvalue weighted by atomic mass is 32.2. The van der Waals surface area contributed by atoms with Gasteiger partial charge in [-0.05, 0) is 6.26 Å². The van der Waals surface area contributed by atoms with Crippen molar-refractivity contribution in [1.29, 1.82) is 0 Å². The first-order chi connectivity index (χ1) is 3.72. The zero-order valence-corrected chi connectivity index (χ0v) is 5.44. The van der Waals surface area contributed by atoms with Gasteiger partial charge in [-0.25, -0.2) is 0 Å². The van der Waals surface area contributed by atoms with Crippen LogP contribution in [0.25, 0.3) is 0 Å². The van der Waals surface area contributed by atoms with Crippen LogP contribution in [0.3, 0.4) is 0 Å². The van der Waals surface area contributed by atoms with Crippen molar-refractivity contribution in [2.24, 2.45) is 5.73 Å². The molecular weight excluding hydrogens is 126 g/mol. The Bertz CT molecular complexity index is 86.1. The third-order valence-corrected chi connectivity index (χ3v) is 1.41. The number of hydrogen-bond donors (Lipinski definition) is 2. The number of carbonyl (C=O) groups excluding carboxylic acids is 1. The molecule has 4 heteroatoms. The lowest BCUT2D eigenvalue weighted by molar-refractivity contribution is -0.112. The molecule has 0 amide bonds. The topological polar surface area (TPSA) is 63.3 Å². The number of rotatable bonds is 2. The molecule has 0 aliphatic heterocycles. The minimum absolute atomic E-state index is 0.174. The molecule has 0 fully saturated rings. The Hall–Kier alpha value is -0.0600. The zero-order valence-electron chi connectivity index (χ0n) is 4.63. The average molecular weight is 135 g/mol. The summed E-state index contributed by atoms with van der Waals surface area (Å²) < 4.78 is 0. The van der Waals surface area contributed by atoms with E-state index in [-0.39, 0.29) is 11.7 Å². The molecule has 0 aromatic carbocycles. The number of hydrogen-bond acceptors (Lipinski definition) is 4. The predicted octanol–water partition coefficient (Wildman–Crippen LogP) is -0.804. The van der Waals surface area contributed by atoms with Crippen LogP contribution in [0.5, 0.6) is 0 Å². The van der Waals surface area contributed by atoms with Gasteiger partial charge in [-0.15, -0.1) is 0 Å². The Morgan fingerprint density at radius 2 is 2.50 bits per heavy atom. The van der Waals surface area contributed by atoms with E-state index in [0.29, 0.717) is 0 Å². The summed E-state index contributed by atoms with van der Waals surface area (Å²) in [5.41, 5.74) is 5.11. The molecule has 0 unspecified atom stereocenters. The van der Waals surface area contributed by atoms with E-state index in [1.807, 2.05) is 0 Å². The van der Waals surface area contributed by atoms with Crippen molar-refractivity contribution in [3.8, 4) is 0 Å². The van der Waals surface area contributed by atoms with Crippen LogP contribution >= 0.6 is 11.8 Å². The summed E-state index contributed by atoms with van der Waals surface area (Å²) in [7, 11) is 0. The summed E-state index contributed by atoms with van der Waals surface area (Å²) in [5.74, 6) is 0. The number of nitrogens with two attached hydrogens (primary N) is 1. The molecule has 0 heterocycles. The smallest absolute Gasteiger partial charge is 0.207 e. The fourth-order valence-corrected chi connectivity index (χ4v) is 0.603. The molecule has 0 aliphatic carbocycles. The average Bonchev–Trinajstić information content (AvgIpc) is 1.84. The van der Waals surface area contributed by atoms with Crippen LogP contribution in [0.1, 0.15) is 0 Å². The molecule has 8 heavy (non-hydrogen) atoms. The lowest BCUT2D eigenvalue weighted by atomic mass is 10.4. The van der Waals surface area contributed by atoms with Crippen LogP contribution in [0.2, 0.25) is 0 Å². The molecule has 1 atom stereocenters. The van der Waals surface area contributed by atoms with E-state index in [9.17, 15) is 4.79 Å². The van der Waals surface area contributed by atoms with E-state index >= 15 is 0 Å². The predicted molar refractivity (Wildman–Crippen MR) is 33.6 cm³/mol. The summed E-state index contributed by atoms with van der Waals surface area (Å²) in [5, 5.41) is 8.10. The lowest BCUT2D eigenvalue weighted by Gasteiger charge is -2.01. The maximum atomic E-state index is 10.4. The van der Waals surface area contributed by atoms with Gasteiger partial charge in [0.05, 0.1) is 12.6 Å². The van der Waals surface area contributed by atoms with Crippen molar-refractivity contribution < 1.29 is 9.90 Å². The first-order valence-electron chi connectivity index (χ1n) is 2.16. The van der Waals surface area contributed by atoms with Gasteiger partial charge >= 0.3 is 0 Å². The van der Waals surface area contributed by atoms with Crippen LogP contribution in [0.4, 0.5) is 0 Å². The maximum Gasteiger partial charge on any atom is 0.207 e. The van der Waals surface area contributed by atoms with Crippen LogP contribution in [0.15, 0.2) is 0 Å². The highest BCUT2D eigenvalue weighted by molar-refractivity contribution is 8.13. The third kappa shape index (κ3) is 2.30. The second-order valence-corrected chi connectivity index (χ2v) is 2.12. The van der Waals surface area contributed by atoms with Crippen molar-refractivity contribution in [3.05, 3.63) is 0 Å². The molecule has 0 aromatic rings. The van der Waals surface area contributed by atoms with Crippen LogP contribution < -0.4 is 5.73 Å². The Morgan fingerprint density at radius 3 is 2.62 bits per heavy atom. The van der Waals surface area contributed by atoms with E-state index in [1.54, 1.807) is 6.26 Å². The molecule has 3 nitrogen and oxygen atoms in total. The monoisotopic (exact) mass is 135 g/mol. The summed E-state index contributed by atoms with van der Waals surface area (Å²) in [6.45, 7) is -0.264. The quantitative estimate of drug-likeness (QED) is 0.520. The molecule has 0 aliphatic rings. The normalized spacial score (nSPS) is 13.4. The van der Waals surface area contributed by atoms with Crippen LogP contribution in [0, 0.1) is 0 Å². The van der Waals surface area contributed by atoms with E-state index in [2.05, 4.69) is 0 Å². The molecule has 3 N–H and O–H groups in total. The van der Waals surface area contributed by atoms with Gasteiger partial charge in [0, 0.05) is 0 Å². The standard InChI is InChI=1S/C4H9NO2S/c1-8-4(7)3(5)2-6/h3,6H,2,5H2,1H3/t3-/m0/s1. The van der Waals surface area contributed by atoms with Gasteiger partial charge in [-0.1, -0.05) is 11.8 Å². The van der Waals surface area contributed by atoms with E-state index in [0.717, 1.165) is 11.8 Å². The molecule has 0 bridgehead atoms. The highest BCUT2D eigenvalue weighted by Crippen LogP contribution is 1.96. The SMILES string of the molecule is CSC(=O)[C@@H](N)CO. The van der Waals surface area contributed by atoms with Crippen molar-refractivity contribution in [1.82, 2.24) is 0 Å². The van der Waals surface area contributed by atoms with Gasteiger partial charge in [0.25, 0.3) is 0 Å². The number of carbonyl (C=O) groups is 1. The fraction of sp³-hybridized carbons (Fsp3) is 0.750. The molecule has 0 saturated heterocycles. The number of aliphatic hydroxyl groups excluding tert-OH is 1. The third-order valence-electron chi connectivity index (χ3n) is 0.701. The van der Waals surface area contributed by atoms with Crippen molar-refractivity contribution in [2.75, 3.05) is 12.9 Å². The minimum atomic E-state index is -0.704. The van der Waals surface area contributed by atoms with Crippen LogP contribution in [-0.4, -0.2) is 29.1 Å². The first kappa shape index (κ1) is 7.94. The van der Waals surface area contributed by atoms with Crippen molar-refractivity contribution in [3.63, 3.8) is 0 Å². The van der Waals surface area contributed by atoms with E-state index in [1.165, 1.54) is 0 Å². The molecule has 48 valence electrons. The van der Waals surface area contributed by atoms with Gasteiger partial charge in [0.15, 0.2) is 0 Å². The summed E-state index contributed by atoms with van der Waals surface area (Å²) in [6.07, 6.45) is 1.64. The summed E-state index contributed by atoms with van der Waals surface area (Å²) in [6, 6.07) is -0.704. The minimum Gasteiger partial charge on any atom is -0.394 e. The Kier molecular flexibility index (Phi) is 3.85. The van der Waals surface area contributed by atoms with Crippen molar-refractivity contribution in [2.45, 2.75) is 6.04 Å². The Morgan fingerprint density at radius 1 is 2.00 bits per heavy atom. The van der Waals surface area contributed by atoms with E-state index < -0.39 is 6.04 Å². The number of thioether (sulfide) groups is 1. The molecule has 0 saturated carbocycles. The van der Waals surface area contributed by atoms with Crippen molar-refractivity contribution >= 4 is 16.9 Å². The maximum absolute atomic E-state index is 10.4. The Balaban J connectivity index is 3.46. The summed E-state index contributed by atoms with van der Waals surface area (Å²) >= 11 is 1.03. The second-order valence-electron chi connectivity index (χ2n) is 1.31. The van der Waals surface area contributed by atoms with Gasteiger partial charge < -0.3 is 10.8 Å². The van der Waals surface area contributed by atoms with Gasteiger partial charge in [0.1, 0.15) is 0 Å². The fourth-order valence-electron chi connectivity index (χ4n) is 0.226. The zero-order chi connectivity index (χ0) is 6.57. The Labute approximate surface area is 52.3 Å². The first-order valence-corrected chi connectivity index (χ1v) is 3.39. The highest BCUT2D eigenvalue weighted by Gasteiger charge is 2.08. The van der Waals surface area contributed by atoms with Gasteiger partial charge in [0.2, 0.25) is 5.12 Å².